The van der Waals surface area contributed by atoms with E-state index < -0.39 is 5.60 Å². The number of hydrogen-bond acceptors (Lipinski definition) is 2. The maximum atomic E-state index is 9.65. The molecule has 0 aliphatic rings. The van der Waals surface area contributed by atoms with E-state index in [1.54, 1.807) is 0 Å². The van der Waals surface area contributed by atoms with Gasteiger partial charge in [-0.1, -0.05) is 18.1 Å². The lowest BCUT2D eigenvalue weighted by Gasteiger charge is -2.16. The number of benzene rings is 1. The first-order valence-corrected chi connectivity index (χ1v) is 7.97. The molecule has 0 aliphatic heterocycles. The van der Waals surface area contributed by atoms with Crippen molar-refractivity contribution >= 4 is 30.1 Å². The van der Waals surface area contributed by atoms with E-state index in [1.165, 1.54) is 8.93 Å². The van der Waals surface area contributed by atoms with Gasteiger partial charge in [-0.25, -0.2) is 0 Å². The second-order valence-electron chi connectivity index (χ2n) is 3.99. The molecule has 0 amide bonds. The summed E-state index contributed by atoms with van der Waals surface area (Å²) in [7, 11) is 1.48. The Hall–Kier alpha value is -0.180. The van der Waals surface area contributed by atoms with Crippen molar-refractivity contribution in [2.45, 2.75) is 25.9 Å². The van der Waals surface area contributed by atoms with Crippen LogP contribution in [0.1, 0.15) is 25.0 Å². The second-order valence-corrected chi connectivity index (χ2v) is 5.67. The monoisotopic (exact) mass is 332 g/mol. The molecule has 80 valence electrons. The van der Waals surface area contributed by atoms with E-state index in [2.05, 4.69) is 32.4 Å². The first kappa shape index (κ1) is 12.9. The zero-order chi connectivity index (χ0) is 11.3. The highest BCUT2D eigenvalue weighted by atomic mass is 127. The summed E-state index contributed by atoms with van der Waals surface area (Å²) in [5.74, 6) is 3.03. The zero-order valence-electron chi connectivity index (χ0n) is 8.75. The summed E-state index contributed by atoms with van der Waals surface area (Å²) < 4.78 is 0. The van der Waals surface area contributed by atoms with Gasteiger partial charge in [0.15, 0.2) is 0 Å². The zero-order valence-corrected chi connectivity index (χ0v) is 11.7. The molecule has 0 saturated carbocycles. The van der Waals surface area contributed by atoms with Crippen LogP contribution < -0.4 is 0 Å². The van der Waals surface area contributed by atoms with Crippen molar-refractivity contribution in [3.05, 3.63) is 35.4 Å². The van der Waals surface area contributed by atoms with Crippen molar-refractivity contribution in [2.75, 3.05) is 0 Å². The van der Waals surface area contributed by atoms with Crippen LogP contribution in [0.15, 0.2) is 24.3 Å². The fourth-order valence-corrected chi connectivity index (χ4v) is 1.77. The fourth-order valence-electron chi connectivity index (χ4n) is 1.28. The van der Waals surface area contributed by atoms with E-state index in [0.717, 1.165) is 11.1 Å². The topological polar surface area (TPSA) is 20.2 Å². The van der Waals surface area contributed by atoms with Crippen LogP contribution in [0.4, 0.5) is 0 Å². The number of rotatable bonds is 2. The Bertz CT molecular complexity index is 367. The first-order valence-electron chi connectivity index (χ1n) is 4.61. The molecule has 1 nitrogen and oxygen atoms in total. The maximum absolute atomic E-state index is 9.65. The third kappa shape index (κ3) is 5.45. The number of aliphatic hydroxyl groups is 1. The fraction of sp³-hybridized carbons (Fsp3) is 0.333. The van der Waals surface area contributed by atoms with Gasteiger partial charge in [0.1, 0.15) is 0 Å². The highest BCUT2D eigenvalue weighted by Crippen LogP contribution is 2.13. The molecular formula is C12H13IOS. The lowest BCUT2D eigenvalue weighted by molar-refractivity contribution is 0.0810. The van der Waals surface area contributed by atoms with E-state index in [1.807, 2.05) is 38.1 Å². The summed E-state index contributed by atoms with van der Waals surface area (Å²) in [4.78, 5) is 0. The smallest absolute Gasteiger partial charge is 0.0631 e. The molecule has 15 heavy (non-hydrogen) atoms. The van der Waals surface area contributed by atoms with Crippen LogP contribution in [0.2, 0.25) is 0 Å². The average Bonchev–Trinajstić information content (AvgIpc) is 2.14. The predicted octanol–water partition coefficient (Wildman–Crippen LogP) is 3.39. The third-order valence-electron chi connectivity index (χ3n) is 1.82. The maximum Gasteiger partial charge on any atom is 0.0631 e. The van der Waals surface area contributed by atoms with Crippen molar-refractivity contribution in [1.29, 1.82) is 0 Å². The van der Waals surface area contributed by atoms with Gasteiger partial charge in [-0.2, -0.15) is 0 Å². The molecule has 1 rings (SSSR count). The molecular weight excluding hydrogens is 319 g/mol. The van der Waals surface area contributed by atoms with Gasteiger partial charge in [-0.3, -0.25) is 0 Å². The Labute approximate surface area is 107 Å². The van der Waals surface area contributed by atoms with Crippen molar-refractivity contribution in [1.82, 2.24) is 0 Å². The van der Waals surface area contributed by atoms with Gasteiger partial charge in [0.25, 0.3) is 0 Å². The molecule has 1 aromatic carbocycles. The van der Waals surface area contributed by atoms with Crippen LogP contribution >= 0.6 is 30.1 Å². The Morgan fingerprint density at radius 3 is 2.40 bits per heavy atom. The van der Waals surface area contributed by atoms with Gasteiger partial charge in [0.2, 0.25) is 0 Å². The van der Waals surface area contributed by atoms with Gasteiger partial charge in [-0.05, 0) is 45.7 Å². The Balaban J connectivity index is 2.73. The van der Waals surface area contributed by atoms with Crippen LogP contribution in [0.25, 0.3) is 0 Å². The normalized spacial score (nSPS) is 10.7. The quantitative estimate of drug-likeness (QED) is 0.662. The second kappa shape index (κ2) is 5.78. The highest BCUT2D eigenvalue weighted by Gasteiger charge is 2.12. The number of hydrogen-bond donors (Lipinski definition) is 1. The predicted molar refractivity (Wildman–Crippen MR) is 74.9 cm³/mol. The summed E-state index contributed by atoms with van der Waals surface area (Å²) in [5, 5.41) is 12.6. The molecule has 0 fully saturated rings. The van der Waals surface area contributed by atoms with Crippen LogP contribution in [-0.2, 0) is 6.42 Å². The molecule has 0 spiro atoms. The summed E-state index contributed by atoms with van der Waals surface area (Å²) >= 11 is 2.15. The van der Waals surface area contributed by atoms with Crippen LogP contribution in [0, 0.1) is 11.2 Å². The minimum atomic E-state index is -0.648. The summed E-state index contributed by atoms with van der Waals surface area (Å²) in [5.41, 5.74) is 1.50. The Morgan fingerprint density at radius 2 is 1.93 bits per heavy atom. The van der Waals surface area contributed by atoms with Gasteiger partial charge in [0, 0.05) is 33.2 Å². The molecule has 1 aromatic rings. The Kier molecular flexibility index (Phi) is 4.97. The largest absolute Gasteiger partial charge is 0.390 e. The van der Waals surface area contributed by atoms with Crippen molar-refractivity contribution in [3.8, 4) is 11.2 Å². The molecule has 1 N–H and O–H groups in total. The van der Waals surface area contributed by atoms with Gasteiger partial charge in [-0.15, -0.1) is 0 Å². The summed E-state index contributed by atoms with van der Waals surface area (Å²) in [6.45, 7) is 3.63. The molecule has 0 radical (unpaired) electrons. The third-order valence-corrected chi connectivity index (χ3v) is 2.66. The minimum absolute atomic E-state index is 0.648. The Morgan fingerprint density at radius 1 is 1.33 bits per heavy atom. The molecule has 0 atom stereocenters. The molecule has 0 unspecified atom stereocenters. The van der Waals surface area contributed by atoms with Gasteiger partial charge in [0.05, 0.1) is 5.60 Å². The standard InChI is InChI=1S/C12H13IOS/c1-12(2,14)9-11-5-3-10(4-6-11)7-8-15-13/h3-6,14H,9H2,1-2H3. The average molecular weight is 332 g/mol. The lowest BCUT2D eigenvalue weighted by atomic mass is 9.98. The van der Waals surface area contributed by atoms with E-state index in [9.17, 15) is 5.11 Å². The van der Waals surface area contributed by atoms with E-state index in [-0.39, 0.29) is 0 Å². The molecule has 0 saturated heterocycles. The lowest BCUT2D eigenvalue weighted by Crippen LogP contribution is -2.21. The van der Waals surface area contributed by atoms with E-state index >= 15 is 0 Å². The molecule has 0 bridgehead atoms. The first-order chi connectivity index (χ1) is 7.01. The van der Waals surface area contributed by atoms with E-state index in [0.29, 0.717) is 6.42 Å². The van der Waals surface area contributed by atoms with Crippen molar-refractivity contribution in [2.24, 2.45) is 0 Å². The van der Waals surface area contributed by atoms with Crippen molar-refractivity contribution in [3.63, 3.8) is 0 Å². The van der Waals surface area contributed by atoms with Crippen LogP contribution in [0.3, 0.4) is 0 Å². The van der Waals surface area contributed by atoms with Gasteiger partial charge >= 0.3 is 0 Å². The number of halogens is 1. The molecule has 0 aromatic heterocycles. The summed E-state index contributed by atoms with van der Waals surface area (Å²) in [6, 6.07) is 8.00. The molecule has 0 heterocycles. The SMILES string of the molecule is CC(C)(O)Cc1ccc(C#CSI)cc1. The molecule has 3 heteroatoms. The van der Waals surface area contributed by atoms with E-state index in [4.69, 9.17) is 0 Å². The van der Waals surface area contributed by atoms with Crippen molar-refractivity contribution < 1.29 is 5.11 Å². The van der Waals surface area contributed by atoms with Gasteiger partial charge < -0.3 is 5.11 Å². The highest BCUT2D eigenvalue weighted by molar-refractivity contribution is 14.2. The summed E-state index contributed by atoms with van der Waals surface area (Å²) in [6.07, 6.45) is 0.668. The minimum Gasteiger partial charge on any atom is -0.390 e. The molecule has 0 aliphatic carbocycles. The van der Waals surface area contributed by atoms with Crippen LogP contribution in [-0.4, -0.2) is 10.7 Å². The van der Waals surface area contributed by atoms with Crippen LogP contribution in [0.5, 0.6) is 0 Å².